The van der Waals surface area contributed by atoms with Gasteiger partial charge in [-0.2, -0.15) is 4.31 Å². The van der Waals surface area contributed by atoms with E-state index in [0.717, 1.165) is 5.01 Å². The van der Waals surface area contributed by atoms with E-state index >= 15 is 0 Å². The van der Waals surface area contributed by atoms with Gasteiger partial charge in [-0.25, -0.2) is 18.2 Å². The van der Waals surface area contributed by atoms with Crippen molar-refractivity contribution < 1.29 is 27.5 Å². The van der Waals surface area contributed by atoms with Crippen molar-refractivity contribution in [3.8, 4) is 0 Å². The van der Waals surface area contributed by atoms with E-state index in [4.69, 9.17) is 9.47 Å². The molecule has 0 saturated carbocycles. The predicted octanol–water partition coefficient (Wildman–Crippen LogP) is 1.88. The molecule has 0 unspecified atom stereocenters. The highest BCUT2D eigenvalue weighted by Crippen LogP contribution is 2.24. The van der Waals surface area contributed by atoms with Gasteiger partial charge < -0.3 is 14.8 Å². The number of nitrogens with zero attached hydrogens (tertiary/aromatic N) is 2. The number of aryl methyl sites for hydroxylation is 3. The Bertz CT molecular complexity index is 1060. The average Bonchev–Trinajstić information content (AvgIpc) is 3.06. The molecule has 0 spiro atoms. The maximum Gasteiger partial charge on any atom is 0.350 e. The SMILES string of the molecule is Cc1nc(C)c(C(=O)OCC(=O)Nc2ccc(C)c(S(=O)(=O)N3CCOCC3)c2)s1. The lowest BCUT2D eigenvalue weighted by Gasteiger charge is -2.26. The van der Waals surface area contributed by atoms with Gasteiger partial charge in [0.1, 0.15) is 4.88 Å². The predicted molar refractivity (Wildman–Crippen MR) is 111 cm³/mol. The number of carbonyl (C=O) groups is 2. The number of ether oxygens (including phenoxy) is 2. The number of carbonyl (C=O) groups excluding carboxylic acids is 2. The standard InChI is InChI=1S/C19H23N3O6S2/c1-12-4-5-15(10-16(12)30(25,26)22-6-8-27-9-7-22)21-17(23)11-28-19(24)18-13(2)20-14(3)29-18/h4-5,10H,6-9,11H2,1-3H3,(H,21,23). The number of aromatic nitrogens is 1. The molecule has 30 heavy (non-hydrogen) atoms. The van der Waals surface area contributed by atoms with Crippen LogP contribution in [0.1, 0.15) is 25.9 Å². The maximum atomic E-state index is 12.9. The van der Waals surface area contributed by atoms with Crippen molar-refractivity contribution in [1.29, 1.82) is 0 Å². The third kappa shape index (κ3) is 5.04. The second kappa shape index (κ2) is 9.21. The van der Waals surface area contributed by atoms with E-state index in [-0.39, 0.29) is 18.0 Å². The van der Waals surface area contributed by atoms with Crippen molar-refractivity contribution in [3.63, 3.8) is 0 Å². The summed E-state index contributed by atoms with van der Waals surface area (Å²) < 4.78 is 37.5. The van der Waals surface area contributed by atoms with Gasteiger partial charge in [0.05, 0.1) is 28.8 Å². The van der Waals surface area contributed by atoms with Crippen LogP contribution < -0.4 is 5.32 Å². The Hall–Kier alpha value is -2.34. The molecule has 2 aromatic rings. The molecular weight excluding hydrogens is 430 g/mol. The van der Waals surface area contributed by atoms with E-state index < -0.39 is 28.5 Å². The minimum Gasteiger partial charge on any atom is -0.451 e. The lowest BCUT2D eigenvalue weighted by molar-refractivity contribution is -0.119. The number of thiazole rings is 1. The van der Waals surface area contributed by atoms with Crippen molar-refractivity contribution in [1.82, 2.24) is 9.29 Å². The zero-order chi connectivity index (χ0) is 21.9. The number of benzene rings is 1. The highest BCUT2D eigenvalue weighted by atomic mass is 32.2. The highest BCUT2D eigenvalue weighted by Gasteiger charge is 2.28. The van der Waals surface area contributed by atoms with Crippen LogP contribution in [0.2, 0.25) is 0 Å². The third-order valence-corrected chi connectivity index (χ3v) is 7.58. The first kappa shape index (κ1) is 22.3. The van der Waals surface area contributed by atoms with Crippen LogP contribution in [0.5, 0.6) is 0 Å². The lowest BCUT2D eigenvalue weighted by Crippen LogP contribution is -2.40. The van der Waals surface area contributed by atoms with Crippen LogP contribution >= 0.6 is 11.3 Å². The molecule has 1 aromatic carbocycles. The second-order valence-corrected chi connectivity index (χ2v) is 9.88. The van der Waals surface area contributed by atoms with E-state index in [1.54, 1.807) is 32.9 Å². The molecule has 1 amide bonds. The van der Waals surface area contributed by atoms with Gasteiger partial charge >= 0.3 is 5.97 Å². The van der Waals surface area contributed by atoms with Crippen LogP contribution in [0.15, 0.2) is 23.1 Å². The van der Waals surface area contributed by atoms with Crippen molar-refractivity contribution in [2.75, 3.05) is 38.2 Å². The summed E-state index contributed by atoms with van der Waals surface area (Å²) in [5.41, 5.74) is 1.43. The molecule has 1 aliphatic rings. The summed E-state index contributed by atoms with van der Waals surface area (Å²) >= 11 is 1.20. The Balaban J connectivity index is 1.66. The maximum absolute atomic E-state index is 12.9. The Kier molecular flexibility index (Phi) is 6.86. The Morgan fingerprint density at radius 3 is 2.57 bits per heavy atom. The quantitative estimate of drug-likeness (QED) is 0.664. The summed E-state index contributed by atoms with van der Waals surface area (Å²) in [6, 6.07) is 4.64. The third-order valence-electron chi connectivity index (χ3n) is 4.48. The van der Waals surface area contributed by atoms with E-state index in [1.807, 2.05) is 0 Å². The van der Waals surface area contributed by atoms with Gasteiger partial charge in [-0.3, -0.25) is 4.79 Å². The second-order valence-electron chi connectivity index (χ2n) is 6.77. The molecule has 0 atom stereocenters. The molecule has 0 bridgehead atoms. The van der Waals surface area contributed by atoms with Crippen molar-refractivity contribution in [2.24, 2.45) is 0 Å². The number of esters is 1. The lowest BCUT2D eigenvalue weighted by atomic mass is 10.2. The fourth-order valence-electron chi connectivity index (χ4n) is 3.00. The van der Waals surface area contributed by atoms with Crippen molar-refractivity contribution >= 4 is 38.9 Å². The van der Waals surface area contributed by atoms with E-state index in [2.05, 4.69) is 10.3 Å². The normalized spacial score (nSPS) is 15.0. The van der Waals surface area contributed by atoms with E-state index in [1.165, 1.54) is 21.7 Å². The van der Waals surface area contributed by atoms with Crippen LogP contribution in [0, 0.1) is 20.8 Å². The van der Waals surface area contributed by atoms with Crippen LogP contribution in [0.25, 0.3) is 0 Å². The van der Waals surface area contributed by atoms with E-state index in [9.17, 15) is 18.0 Å². The largest absolute Gasteiger partial charge is 0.451 e. The Labute approximate surface area is 179 Å². The number of morpholine rings is 1. The smallest absolute Gasteiger partial charge is 0.350 e. The summed E-state index contributed by atoms with van der Waals surface area (Å²) in [6.45, 7) is 5.94. The minimum absolute atomic E-state index is 0.120. The summed E-state index contributed by atoms with van der Waals surface area (Å²) in [5, 5.41) is 3.31. The zero-order valence-electron chi connectivity index (χ0n) is 16.9. The van der Waals surface area contributed by atoms with Crippen LogP contribution in [-0.4, -0.2) is 62.5 Å². The number of hydrogen-bond acceptors (Lipinski definition) is 8. The number of hydrogen-bond donors (Lipinski definition) is 1. The van der Waals surface area contributed by atoms with Gasteiger partial charge in [0.2, 0.25) is 10.0 Å². The summed E-state index contributed by atoms with van der Waals surface area (Å²) in [4.78, 5) is 29.0. The Morgan fingerprint density at radius 1 is 1.23 bits per heavy atom. The van der Waals surface area contributed by atoms with Crippen molar-refractivity contribution in [3.05, 3.63) is 39.3 Å². The van der Waals surface area contributed by atoms with Gasteiger partial charge in [-0.15, -0.1) is 11.3 Å². The molecule has 3 rings (SSSR count). The van der Waals surface area contributed by atoms with Gasteiger partial charge in [0.25, 0.3) is 5.91 Å². The first-order chi connectivity index (χ1) is 14.2. The van der Waals surface area contributed by atoms with Crippen LogP contribution in [-0.2, 0) is 24.3 Å². The monoisotopic (exact) mass is 453 g/mol. The molecule has 11 heteroatoms. The highest BCUT2D eigenvalue weighted by molar-refractivity contribution is 7.89. The molecular formula is C19H23N3O6S2. The molecule has 1 fully saturated rings. The first-order valence-electron chi connectivity index (χ1n) is 9.28. The van der Waals surface area contributed by atoms with Gasteiger partial charge in [0.15, 0.2) is 6.61 Å². The summed E-state index contributed by atoms with van der Waals surface area (Å²) in [5.74, 6) is -1.19. The molecule has 1 saturated heterocycles. The minimum atomic E-state index is -3.70. The molecule has 0 radical (unpaired) electrons. The molecule has 2 heterocycles. The fraction of sp³-hybridized carbons (Fsp3) is 0.421. The molecule has 1 N–H and O–H groups in total. The summed E-state index contributed by atoms with van der Waals surface area (Å²) in [7, 11) is -3.70. The number of anilines is 1. The van der Waals surface area contributed by atoms with Crippen molar-refractivity contribution in [2.45, 2.75) is 25.7 Å². The molecule has 9 nitrogen and oxygen atoms in total. The topological polar surface area (TPSA) is 115 Å². The first-order valence-corrected chi connectivity index (χ1v) is 11.5. The zero-order valence-corrected chi connectivity index (χ0v) is 18.6. The molecule has 0 aliphatic carbocycles. The number of rotatable bonds is 6. The number of amides is 1. The van der Waals surface area contributed by atoms with Gasteiger partial charge in [-0.1, -0.05) is 6.07 Å². The summed E-state index contributed by atoms with van der Waals surface area (Å²) in [6.07, 6.45) is 0. The Morgan fingerprint density at radius 2 is 1.93 bits per heavy atom. The fourth-order valence-corrected chi connectivity index (χ4v) is 5.47. The van der Waals surface area contributed by atoms with Crippen LogP contribution in [0.3, 0.4) is 0 Å². The van der Waals surface area contributed by atoms with Gasteiger partial charge in [0, 0.05) is 18.8 Å². The number of nitrogens with one attached hydrogen (secondary N) is 1. The molecule has 1 aliphatic heterocycles. The number of sulfonamides is 1. The average molecular weight is 454 g/mol. The molecule has 162 valence electrons. The molecule has 1 aromatic heterocycles. The van der Waals surface area contributed by atoms with E-state index in [0.29, 0.717) is 35.0 Å². The van der Waals surface area contributed by atoms with Gasteiger partial charge in [-0.05, 0) is 38.5 Å². The van der Waals surface area contributed by atoms with Crippen LogP contribution in [0.4, 0.5) is 5.69 Å².